The Morgan fingerprint density at radius 1 is 0.939 bits per heavy atom. The number of anilines is 1. The summed E-state index contributed by atoms with van der Waals surface area (Å²) in [4.78, 5) is 12.8. The van der Waals surface area contributed by atoms with E-state index in [9.17, 15) is 13.2 Å². The normalized spacial score (nSPS) is 15.2. The number of amides is 1. The Labute approximate surface area is 195 Å². The van der Waals surface area contributed by atoms with Crippen LogP contribution in [-0.4, -0.2) is 41.5 Å². The first-order chi connectivity index (χ1) is 15.9. The third-order valence-electron chi connectivity index (χ3n) is 6.06. The summed E-state index contributed by atoms with van der Waals surface area (Å²) in [5.74, 6) is -0.176. The van der Waals surface area contributed by atoms with Gasteiger partial charge >= 0.3 is 0 Å². The molecular weight excluding hydrogens is 436 g/mol. The Balaban J connectivity index is 1.50. The van der Waals surface area contributed by atoms with E-state index in [0.717, 1.165) is 36.9 Å². The Bertz CT molecular complexity index is 1210. The van der Waals surface area contributed by atoms with E-state index in [1.54, 1.807) is 28.0 Å². The van der Waals surface area contributed by atoms with Gasteiger partial charge in [0, 0.05) is 24.3 Å². The van der Waals surface area contributed by atoms with Crippen LogP contribution in [0.1, 0.15) is 53.0 Å². The first-order valence-electron chi connectivity index (χ1n) is 11.4. The van der Waals surface area contributed by atoms with E-state index in [0.29, 0.717) is 41.5 Å². The molecule has 1 aliphatic heterocycles. The third-order valence-corrected chi connectivity index (χ3v) is 8.21. The SMILES string of the molecule is Cc1nn(Cc2ccc(C(=O)Nc3ccccc3)cc2)c(C)c1S(=O)(=O)N1CCCCCC1. The molecule has 174 valence electrons. The van der Waals surface area contributed by atoms with Gasteiger partial charge in [0.2, 0.25) is 10.0 Å². The lowest BCUT2D eigenvalue weighted by Gasteiger charge is -2.20. The van der Waals surface area contributed by atoms with Crippen molar-refractivity contribution in [1.29, 1.82) is 0 Å². The van der Waals surface area contributed by atoms with Gasteiger partial charge in [-0.15, -0.1) is 0 Å². The second-order valence-corrected chi connectivity index (χ2v) is 10.4. The predicted octanol–water partition coefficient (Wildman–Crippen LogP) is 4.37. The standard InChI is InChI=1S/C25H30N4O3S/c1-19-24(33(31,32)28-16-8-3-4-9-17-28)20(2)29(27-19)18-21-12-14-22(15-13-21)25(30)26-23-10-6-5-7-11-23/h5-7,10-15H,3-4,8-9,16-18H2,1-2H3,(H,26,30). The van der Waals surface area contributed by atoms with Crippen molar-refractivity contribution < 1.29 is 13.2 Å². The topological polar surface area (TPSA) is 84.3 Å². The van der Waals surface area contributed by atoms with E-state index in [-0.39, 0.29) is 5.91 Å². The fourth-order valence-corrected chi connectivity index (χ4v) is 6.17. The number of hydrogen-bond acceptors (Lipinski definition) is 4. The Hall–Kier alpha value is -2.97. The molecule has 0 unspecified atom stereocenters. The number of sulfonamides is 1. The van der Waals surface area contributed by atoms with Gasteiger partial charge in [0.05, 0.1) is 17.9 Å². The van der Waals surface area contributed by atoms with Gasteiger partial charge in [0.25, 0.3) is 5.91 Å². The zero-order chi connectivity index (χ0) is 23.4. The summed E-state index contributed by atoms with van der Waals surface area (Å²) >= 11 is 0. The van der Waals surface area contributed by atoms with Crippen molar-refractivity contribution in [1.82, 2.24) is 14.1 Å². The molecule has 1 aliphatic rings. The minimum absolute atomic E-state index is 0.176. The molecule has 0 radical (unpaired) electrons. The number of carbonyl (C=O) groups is 1. The molecule has 1 fully saturated rings. The first kappa shape index (κ1) is 23.2. The van der Waals surface area contributed by atoms with Gasteiger partial charge in [-0.05, 0) is 56.5 Å². The molecule has 0 atom stereocenters. The van der Waals surface area contributed by atoms with Crippen molar-refractivity contribution in [3.8, 4) is 0 Å². The van der Waals surface area contributed by atoms with E-state index < -0.39 is 10.0 Å². The summed E-state index contributed by atoms with van der Waals surface area (Å²) < 4.78 is 30.0. The molecule has 4 rings (SSSR count). The van der Waals surface area contributed by atoms with Crippen LogP contribution in [0.25, 0.3) is 0 Å². The van der Waals surface area contributed by atoms with Gasteiger partial charge in [0.15, 0.2) is 0 Å². The lowest BCUT2D eigenvalue weighted by Crippen LogP contribution is -2.32. The predicted molar refractivity (Wildman–Crippen MR) is 129 cm³/mol. The number of nitrogens with zero attached hydrogens (tertiary/aromatic N) is 3. The van der Waals surface area contributed by atoms with E-state index in [2.05, 4.69) is 10.4 Å². The summed E-state index contributed by atoms with van der Waals surface area (Å²) in [6, 6.07) is 16.6. The first-order valence-corrected chi connectivity index (χ1v) is 12.8. The molecule has 33 heavy (non-hydrogen) atoms. The monoisotopic (exact) mass is 466 g/mol. The van der Waals surface area contributed by atoms with Crippen molar-refractivity contribution in [2.45, 2.75) is 51.0 Å². The average Bonchev–Trinajstić information content (AvgIpc) is 2.98. The summed E-state index contributed by atoms with van der Waals surface area (Å²) in [7, 11) is -3.57. The number of carbonyl (C=O) groups excluding carboxylic acids is 1. The Morgan fingerprint density at radius 3 is 2.21 bits per heavy atom. The van der Waals surface area contributed by atoms with E-state index >= 15 is 0 Å². The molecule has 2 heterocycles. The quantitative estimate of drug-likeness (QED) is 0.585. The summed E-state index contributed by atoms with van der Waals surface area (Å²) in [6.45, 7) is 5.14. The highest BCUT2D eigenvalue weighted by atomic mass is 32.2. The van der Waals surface area contributed by atoms with Gasteiger partial charge < -0.3 is 5.32 Å². The van der Waals surface area contributed by atoms with Gasteiger partial charge in [-0.2, -0.15) is 9.40 Å². The largest absolute Gasteiger partial charge is 0.322 e. The zero-order valence-electron chi connectivity index (χ0n) is 19.1. The Morgan fingerprint density at radius 2 is 1.58 bits per heavy atom. The van der Waals surface area contributed by atoms with Gasteiger partial charge in [-0.1, -0.05) is 43.2 Å². The van der Waals surface area contributed by atoms with Crippen molar-refractivity contribution >= 4 is 21.6 Å². The highest BCUT2D eigenvalue weighted by Crippen LogP contribution is 2.26. The van der Waals surface area contributed by atoms with Crippen molar-refractivity contribution in [3.63, 3.8) is 0 Å². The average molecular weight is 467 g/mol. The maximum atomic E-state index is 13.3. The van der Waals surface area contributed by atoms with Crippen molar-refractivity contribution in [2.24, 2.45) is 0 Å². The fourth-order valence-electron chi connectivity index (χ4n) is 4.28. The minimum Gasteiger partial charge on any atom is -0.322 e. The summed E-state index contributed by atoms with van der Waals surface area (Å²) in [6.07, 6.45) is 3.94. The molecule has 1 amide bonds. The number of aryl methyl sites for hydroxylation is 1. The highest BCUT2D eigenvalue weighted by molar-refractivity contribution is 7.89. The summed E-state index contributed by atoms with van der Waals surface area (Å²) in [5, 5.41) is 7.41. The number of hydrogen-bond donors (Lipinski definition) is 1. The molecule has 0 aliphatic carbocycles. The third kappa shape index (κ3) is 5.17. The lowest BCUT2D eigenvalue weighted by atomic mass is 10.1. The molecule has 8 heteroatoms. The number of para-hydroxylation sites is 1. The van der Waals surface area contributed by atoms with Crippen LogP contribution in [0, 0.1) is 13.8 Å². The molecular formula is C25H30N4O3S. The molecule has 3 aromatic rings. The van der Waals surface area contributed by atoms with Crippen molar-refractivity contribution in [2.75, 3.05) is 18.4 Å². The molecule has 1 aromatic heterocycles. The maximum absolute atomic E-state index is 13.3. The molecule has 1 saturated heterocycles. The second-order valence-electron chi connectivity index (χ2n) is 8.49. The van der Waals surface area contributed by atoms with Crippen LogP contribution >= 0.6 is 0 Å². The second kappa shape index (κ2) is 9.89. The van der Waals surface area contributed by atoms with E-state index in [1.807, 2.05) is 49.4 Å². The van der Waals surface area contributed by atoms with Crippen LogP contribution in [0.2, 0.25) is 0 Å². The molecule has 0 bridgehead atoms. The van der Waals surface area contributed by atoms with Crippen LogP contribution in [0.3, 0.4) is 0 Å². The van der Waals surface area contributed by atoms with E-state index in [4.69, 9.17) is 0 Å². The highest BCUT2D eigenvalue weighted by Gasteiger charge is 2.31. The number of rotatable bonds is 6. The van der Waals surface area contributed by atoms with E-state index in [1.165, 1.54) is 0 Å². The lowest BCUT2D eigenvalue weighted by molar-refractivity contribution is 0.102. The molecule has 0 spiro atoms. The van der Waals surface area contributed by atoms with Crippen LogP contribution in [0.4, 0.5) is 5.69 Å². The van der Waals surface area contributed by atoms with Crippen LogP contribution < -0.4 is 5.32 Å². The Kier molecular flexibility index (Phi) is 6.95. The van der Waals surface area contributed by atoms with Gasteiger partial charge in [-0.3, -0.25) is 9.48 Å². The van der Waals surface area contributed by atoms with Crippen LogP contribution in [0.15, 0.2) is 59.5 Å². The zero-order valence-corrected chi connectivity index (χ0v) is 19.9. The number of aromatic nitrogens is 2. The van der Waals surface area contributed by atoms with Gasteiger partial charge in [0.1, 0.15) is 4.90 Å². The van der Waals surface area contributed by atoms with Crippen molar-refractivity contribution in [3.05, 3.63) is 77.1 Å². The molecule has 7 nitrogen and oxygen atoms in total. The fraction of sp³-hybridized carbons (Fsp3) is 0.360. The maximum Gasteiger partial charge on any atom is 0.255 e. The smallest absolute Gasteiger partial charge is 0.255 e. The number of nitrogens with one attached hydrogen (secondary N) is 1. The summed E-state index contributed by atoms with van der Waals surface area (Å²) in [5.41, 5.74) is 3.40. The molecule has 0 saturated carbocycles. The van der Waals surface area contributed by atoms with Crippen LogP contribution in [-0.2, 0) is 16.6 Å². The molecule has 1 N–H and O–H groups in total. The van der Waals surface area contributed by atoms with Gasteiger partial charge in [-0.25, -0.2) is 8.42 Å². The molecule has 2 aromatic carbocycles. The minimum atomic E-state index is -3.57. The van der Waals surface area contributed by atoms with Crippen LogP contribution in [0.5, 0.6) is 0 Å². The number of benzene rings is 2.